The first-order valence-electron chi connectivity index (χ1n) is 5.01. The summed E-state index contributed by atoms with van der Waals surface area (Å²) in [5.74, 6) is -0.802. The van der Waals surface area contributed by atoms with Gasteiger partial charge >= 0.3 is 0 Å². The maximum atomic E-state index is 5.93. The van der Waals surface area contributed by atoms with Crippen LogP contribution in [0.1, 0.15) is 12.0 Å². The normalized spacial score (nSPS) is 20.1. The quantitative estimate of drug-likeness (QED) is 0.839. The van der Waals surface area contributed by atoms with Gasteiger partial charge in [-0.25, -0.2) is 0 Å². The van der Waals surface area contributed by atoms with Crippen molar-refractivity contribution >= 4 is 11.6 Å². The Balaban J connectivity index is 2.32. The highest BCUT2D eigenvalue weighted by Gasteiger charge is 2.35. The summed E-state index contributed by atoms with van der Waals surface area (Å²) < 4.78 is 11.3. The van der Waals surface area contributed by atoms with Gasteiger partial charge in [0.1, 0.15) is 0 Å². The fourth-order valence-electron chi connectivity index (χ4n) is 1.70. The van der Waals surface area contributed by atoms with Gasteiger partial charge in [0, 0.05) is 10.6 Å². The Morgan fingerprint density at radius 2 is 2.07 bits per heavy atom. The third kappa shape index (κ3) is 2.16. The summed E-state index contributed by atoms with van der Waals surface area (Å²) in [6, 6.07) is 7.44. The van der Waals surface area contributed by atoms with Crippen molar-refractivity contribution in [2.45, 2.75) is 12.2 Å². The van der Waals surface area contributed by atoms with E-state index < -0.39 is 5.79 Å². The van der Waals surface area contributed by atoms with Crippen LogP contribution in [0.2, 0.25) is 5.02 Å². The maximum Gasteiger partial charge on any atom is 0.207 e. The van der Waals surface area contributed by atoms with Gasteiger partial charge in [0.25, 0.3) is 0 Å². The smallest absolute Gasteiger partial charge is 0.207 e. The summed E-state index contributed by atoms with van der Waals surface area (Å²) in [5.41, 5.74) is 6.61. The maximum absolute atomic E-state index is 5.93. The van der Waals surface area contributed by atoms with Gasteiger partial charge in [0.05, 0.1) is 19.8 Å². The van der Waals surface area contributed by atoms with Crippen molar-refractivity contribution in [2.75, 3.05) is 19.8 Å². The summed E-state index contributed by atoms with van der Waals surface area (Å²) in [5, 5.41) is 0.665. The van der Waals surface area contributed by atoms with Gasteiger partial charge in [-0.3, -0.25) is 0 Å². The molecule has 15 heavy (non-hydrogen) atoms. The van der Waals surface area contributed by atoms with Gasteiger partial charge in [-0.1, -0.05) is 23.7 Å². The third-order valence-corrected chi connectivity index (χ3v) is 2.73. The van der Waals surface area contributed by atoms with Crippen LogP contribution in [0.5, 0.6) is 0 Å². The molecule has 0 aromatic heterocycles. The number of hydrogen-bond acceptors (Lipinski definition) is 3. The van der Waals surface area contributed by atoms with E-state index in [9.17, 15) is 0 Å². The SMILES string of the molecule is NCC1(c2cccc(Cl)c2)OCCCO1. The van der Waals surface area contributed by atoms with Crippen molar-refractivity contribution in [3.05, 3.63) is 34.9 Å². The minimum atomic E-state index is -0.802. The second-order valence-corrected chi connectivity index (χ2v) is 3.95. The molecule has 0 amide bonds. The molecule has 1 aromatic carbocycles. The van der Waals surface area contributed by atoms with Crippen LogP contribution >= 0.6 is 11.6 Å². The van der Waals surface area contributed by atoms with Crippen molar-refractivity contribution < 1.29 is 9.47 Å². The minimum Gasteiger partial charge on any atom is -0.345 e. The van der Waals surface area contributed by atoms with Crippen molar-refractivity contribution in [3.8, 4) is 0 Å². The van der Waals surface area contributed by atoms with E-state index in [-0.39, 0.29) is 0 Å². The molecule has 0 unspecified atom stereocenters. The van der Waals surface area contributed by atoms with Crippen LogP contribution in [0.25, 0.3) is 0 Å². The molecule has 1 fully saturated rings. The van der Waals surface area contributed by atoms with E-state index in [0.717, 1.165) is 12.0 Å². The van der Waals surface area contributed by atoms with Crippen molar-refractivity contribution in [1.29, 1.82) is 0 Å². The van der Waals surface area contributed by atoms with Crippen LogP contribution in [0.15, 0.2) is 24.3 Å². The van der Waals surface area contributed by atoms with E-state index >= 15 is 0 Å². The standard InChI is InChI=1S/C11H14ClNO2/c12-10-4-1-3-9(7-10)11(8-13)14-5-2-6-15-11/h1,3-4,7H,2,5-6,8,13H2. The average molecular weight is 228 g/mol. The number of nitrogens with two attached hydrogens (primary N) is 1. The van der Waals surface area contributed by atoms with E-state index in [1.807, 2.05) is 24.3 Å². The van der Waals surface area contributed by atoms with E-state index in [4.69, 9.17) is 26.8 Å². The molecule has 3 nitrogen and oxygen atoms in total. The van der Waals surface area contributed by atoms with E-state index in [1.165, 1.54) is 0 Å². The predicted molar refractivity (Wildman–Crippen MR) is 58.7 cm³/mol. The fraction of sp³-hybridized carbons (Fsp3) is 0.455. The van der Waals surface area contributed by atoms with Crippen LogP contribution in [-0.4, -0.2) is 19.8 Å². The number of rotatable bonds is 2. The number of benzene rings is 1. The van der Waals surface area contributed by atoms with Gasteiger partial charge in [-0.15, -0.1) is 0 Å². The predicted octanol–water partition coefficient (Wildman–Crippen LogP) is 1.89. The van der Waals surface area contributed by atoms with Crippen LogP contribution in [-0.2, 0) is 15.3 Å². The molecule has 82 valence electrons. The lowest BCUT2D eigenvalue weighted by Gasteiger charge is -2.36. The monoisotopic (exact) mass is 227 g/mol. The molecule has 0 atom stereocenters. The lowest BCUT2D eigenvalue weighted by atomic mass is 10.0. The molecule has 0 saturated carbocycles. The summed E-state index contributed by atoms with van der Waals surface area (Å²) in [7, 11) is 0. The highest BCUT2D eigenvalue weighted by molar-refractivity contribution is 6.30. The molecular formula is C11H14ClNO2. The van der Waals surface area contributed by atoms with Crippen molar-refractivity contribution in [3.63, 3.8) is 0 Å². The summed E-state index contributed by atoms with van der Waals surface area (Å²) in [6.45, 7) is 1.64. The van der Waals surface area contributed by atoms with Gasteiger partial charge < -0.3 is 15.2 Å². The summed E-state index contributed by atoms with van der Waals surface area (Å²) >= 11 is 5.93. The second kappa shape index (κ2) is 4.49. The second-order valence-electron chi connectivity index (χ2n) is 3.52. The van der Waals surface area contributed by atoms with E-state index in [1.54, 1.807) is 0 Å². The van der Waals surface area contributed by atoms with Crippen molar-refractivity contribution in [2.24, 2.45) is 5.73 Å². The Morgan fingerprint density at radius 3 is 2.67 bits per heavy atom. The zero-order chi connectivity index (χ0) is 10.7. The first-order valence-corrected chi connectivity index (χ1v) is 5.39. The first-order chi connectivity index (χ1) is 7.27. The number of hydrogen-bond donors (Lipinski definition) is 1. The zero-order valence-electron chi connectivity index (χ0n) is 8.41. The first kappa shape index (κ1) is 10.9. The molecular weight excluding hydrogens is 214 g/mol. The Labute approximate surface area is 94.1 Å². The van der Waals surface area contributed by atoms with E-state index in [2.05, 4.69) is 0 Å². The lowest BCUT2D eigenvalue weighted by Crippen LogP contribution is -2.44. The molecule has 2 rings (SSSR count). The van der Waals surface area contributed by atoms with Gasteiger partial charge in [-0.2, -0.15) is 0 Å². The zero-order valence-corrected chi connectivity index (χ0v) is 9.17. The molecule has 1 aliphatic heterocycles. The molecule has 0 spiro atoms. The van der Waals surface area contributed by atoms with Crippen LogP contribution in [0.3, 0.4) is 0 Å². The van der Waals surface area contributed by atoms with Crippen molar-refractivity contribution in [1.82, 2.24) is 0 Å². The fourth-order valence-corrected chi connectivity index (χ4v) is 1.89. The Morgan fingerprint density at radius 1 is 1.33 bits per heavy atom. The third-order valence-electron chi connectivity index (χ3n) is 2.49. The Hall–Kier alpha value is -0.610. The highest BCUT2D eigenvalue weighted by Crippen LogP contribution is 2.30. The molecule has 1 aliphatic rings. The number of halogens is 1. The highest BCUT2D eigenvalue weighted by atomic mass is 35.5. The van der Waals surface area contributed by atoms with Gasteiger partial charge in [0.15, 0.2) is 0 Å². The molecule has 2 N–H and O–H groups in total. The molecule has 1 heterocycles. The molecule has 1 aromatic rings. The molecule has 0 bridgehead atoms. The Kier molecular flexibility index (Phi) is 3.26. The van der Waals surface area contributed by atoms with Gasteiger partial charge in [-0.05, 0) is 18.6 Å². The lowest BCUT2D eigenvalue weighted by molar-refractivity contribution is -0.269. The van der Waals surface area contributed by atoms with Crippen LogP contribution < -0.4 is 5.73 Å². The average Bonchev–Trinajstić information content (AvgIpc) is 2.30. The van der Waals surface area contributed by atoms with E-state index in [0.29, 0.717) is 24.8 Å². The molecule has 1 saturated heterocycles. The molecule has 4 heteroatoms. The molecule has 0 radical (unpaired) electrons. The summed E-state index contributed by atoms with van der Waals surface area (Å²) in [6.07, 6.45) is 0.905. The van der Waals surface area contributed by atoms with Crippen LogP contribution in [0, 0.1) is 0 Å². The van der Waals surface area contributed by atoms with Crippen LogP contribution in [0.4, 0.5) is 0 Å². The van der Waals surface area contributed by atoms with Gasteiger partial charge in [0.2, 0.25) is 5.79 Å². The summed E-state index contributed by atoms with van der Waals surface area (Å²) in [4.78, 5) is 0. The Bertz CT molecular complexity index is 337. The number of ether oxygens (including phenoxy) is 2. The largest absolute Gasteiger partial charge is 0.345 e. The minimum absolute atomic E-state index is 0.299. The molecule has 0 aliphatic carbocycles. The topological polar surface area (TPSA) is 44.5 Å².